The molecule has 0 saturated carbocycles. The van der Waals surface area contributed by atoms with Crippen molar-refractivity contribution in [2.24, 2.45) is 5.73 Å². The van der Waals surface area contributed by atoms with Crippen LogP contribution >= 0.6 is 0 Å². The second-order valence-corrected chi connectivity index (χ2v) is 3.66. The molecule has 16 heavy (non-hydrogen) atoms. The quantitative estimate of drug-likeness (QED) is 0.758. The molecule has 0 unspecified atom stereocenters. The maximum absolute atomic E-state index is 12.3. The van der Waals surface area contributed by atoms with Gasteiger partial charge in [0.1, 0.15) is 0 Å². The Morgan fingerprint density at radius 3 is 3.19 bits per heavy atom. The molecule has 0 radical (unpaired) electrons. The van der Waals surface area contributed by atoms with Crippen molar-refractivity contribution in [3.8, 4) is 0 Å². The third kappa shape index (κ3) is 1.96. The molecule has 0 saturated heterocycles. The average molecular weight is 224 g/mol. The zero-order valence-corrected chi connectivity index (χ0v) is 8.74. The fourth-order valence-corrected chi connectivity index (χ4v) is 1.66. The van der Waals surface area contributed by atoms with Crippen LogP contribution in [0.25, 0.3) is 0 Å². The summed E-state index contributed by atoms with van der Waals surface area (Å²) in [5.74, 6) is -0.119. The summed E-state index contributed by atoms with van der Waals surface area (Å²) in [5, 5.41) is 6.96. The van der Waals surface area contributed by atoms with Crippen molar-refractivity contribution >= 4 is 5.91 Å². The van der Waals surface area contributed by atoms with Crippen molar-refractivity contribution in [1.29, 1.82) is 0 Å². The van der Waals surface area contributed by atoms with E-state index in [4.69, 9.17) is 5.73 Å². The van der Waals surface area contributed by atoms with Crippen molar-refractivity contribution < 1.29 is 9.18 Å². The number of nitrogens with one attached hydrogen (secondary N) is 1. The number of carbonyl (C=O) groups is 1. The third-order valence-corrected chi connectivity index (χ3v) is 2.51. The first-order chi connectivity index (χ1) is 7.74. The second-order valence-electron chi connectivity index (χ2n) is 3.66. The van der Waals surface area contributed by atoms with Crippen LogP contribution in [0.2, 0.25) is 0 Å². The van der Waals surface area contributed by atoms with Crippen LogP contribution in [0, 0.1) is 0 Å². The zero-order valence-electron chi connectivity index (χ0n) is 8.74. The van der Waals surface area contributed by atoms with Gasteiger partial charge in [0.25, 0.3) is 5.91 Å². The van der Waals surface area contributed by atoms with Gasteiger partial charge in [-0.3, -0.25) is 9.48 Å². The van der Waals surface area contributed by atoms with E-state index in [2.05, 4.69) is 10.4 Å². The minimum Gasteiger partial charge on any atom is -0.352 e. The smallest absolute Gasteiger partial charge is 0.254 e. The lowest BCUT2D eigenvalue weighted by atomic mass is 10.1. The number of hydrogen-bond donors (Lipinski definition) is 2. The van der Waals surface area contributed by atoms with Gasteiger partial charge in [-0.05, 0) is 5.57 Å². The summed E-state index contributed by atoms with van der Waals surface area (Å²) in [6.07, 6.45) is 2.83. The molecule has 5 nitrogen and oxygen atoms in total. The van der Waals surface area contributed by atoms with Gasteiger partial charge in [0.05, 0.1) is 24.1 Å². The molecule has 86 valence electrons. The van der Waals surface area contributed by atoms with Gasteiger partial charge in [-0.25, -0.2) is 4.39 Å². The van der Waals surface area contributed by atoms with Crippen LogP contribution in [0.1, 0.15) is 16.1 Å². The van der Waals surface area contributed by atoms with E-state index in [9.17, 15) is 9.18 Å². The van der Waals surface area contributed by atoms with Crippen LogP contribution in [0.15, 0.2) is 18.1 Å². The SMILES string of the molecule is NC/C(=C\F)Cn1cc2c(n1)CCNC2=O. The summed E-state index contributed by atoms with van der Waals surface area (Å²) in [7, 11) is 0. The molecule has 0 aliphatic carbocycles. The van der Waals surface area contributed by atoms with E-state index in [1.165, 1.54) is 0 Å². The number of fused-ring (bicyclic) bond motifs is 1. The van der Waals surface area contributed by atoms with Crippen molar-refractivity contribution in [3.63, 3.8) is 0 Å². The van der Waals surface area contributed by atoms with E-state index in [0.717, 1.165) is 5.69 Å². The normalized spacial score (nSPS) is 15.9. The average Bonchev–Trinajstić information content (AvgIpc) is 2.70. The van der Waals surface area contributed by atoms with Crippen molar-refractivity contribution in [3.05, 3.63) is 29.4 Å². The molecule has 1 aromatic rings. The van der Waals surface area contributed by atoms with E-state index in [0.29, 0.717) is 30.4 Å². The Hall–Kier alpha value is -1.69. The van der Waals surface area contributed by atoms with E-state index in [1.807, 2.05) is 0 Å². The van der Waals surface area contributed by atoms with Crippen LogP contribution in [0.4, 0.5) is 4.39 Å². The molecule has 2 rings (SSSR count). The standard InChI is InChI=1S/C10H13FN4O/c11-3-7(4-12)5-15-6-8-9(14-15)1-2-13-10(8)16/h3,6H,1-2,4-5,12H2,(H,13,16)/b7-3+. The lowest BCUT2D eigenvalue weighted by molar-refractivity contribution is 0.0946. The molecule has 3 N–H and O–H groups in total. The Labute approximate surface area is 92.1 Å². The zero-order chi connectivity index (χ0) is 11.5. The Morgan fingerprint density at radius 2 is 2.56 bits per heavy atom. The Balaban J connectivity index is 2.21. The fourth-order valence-electron chi connectivity index (χ4n) is 1.66. The molecule has 0 fully saturated rings. The highest BCUT2D eigenvalue weighted by molar-refractivity contribution is 5.96. The maximum atomic E-state index is 12.3. The number of halogens is 1. The second kappa shape index (κ2) is 4.44. The van der Waals surface area contributed by atoms with Crippen LogP contribution in [-0.4, -0.2) is 28.8 Å². The molecule has 0 atom stereocenters. The van der Waals surface area contributed by atoms with Crippen molar-refractivity contribution in [2.75, 3.05) is 13.1 Å². The largest absolute Gasteiger partial charge is 0.352 e. The van der Waals surface area contributed by atoms with Gasteiger partial charge in [0.2, 0.25) is 0 Å². The van der Waals surface area contributed by atoms with Crippen molar-refractivity contribution in [2.45, 2.75) is 13.0 Å². The molecular weight excluding hydrogens is 211 g/mol. The van der Waals surface area contributed by atoms with Gasteiger partial charge in [-0.15, -0.1) is 0 Å². The van der Waals surface area contributed by atoms with Crippen LogP contribution in [0.5, 0.6) is 0 Å². The van der Waals surface area contributed by atoms with Crippen LogP contribution in [-0.2, 0) is 13.0 Å². The van der Waals surface area contributed by atoms with Gasteiger partial charge >= 0.3 is 0 Å². The number of amides is 1. The van der Waals surface area contributed by atoms with Gasteiger partial charge in [0.15, 0.2) is 0 Å². The summed E-state index contributed by atoms with van der Waals surface area (Å²) in [5.41, 5.74) is 7.13. The minimum absolute atomic E-state index is 0.119. The van der Waals surface area contributed by atoms with E-state index in [-0.39, 0.29) is 19.0 Å². The Bertz CT molecular complexity index is 438. The molecule has 2 heterocycles. The number of nitrogens with zero attached hydrogens (tertiary/aromatic N) is 2. The van der Waals surface area contributed by atoms with Gasteiger partial charge in [-0.2, -0.15) is 5.10 Å². The Morgan fingerprint density at radius 1 is 1.75 bits per heavy atom. The lowest BCUT2D eigenvalue weighted by Gasteiger charge is -2.09. The van der Waals surface area contributed by atoms with Gasteiger partial charge in [0, 0.05) is 25.7 Å². The molecule has 0 aromatic carbocycles. The predicted molar refractivity (Wildman–Crippen MR) is 56.5 cm³/mol. The molecule has 1 amide bonds. The van der Waals surface area contributed by atoms with Gasteiger partial charge < -0.3 is 11.1 Å². The number of hydrogen-bond acceptors (Lipinski definition) is 3. The maximum Gasteiger partial charge on any atom is 0.254 e. The third-order valence-electron chi connectivity index (χ3n) is 2.51. The molecule has 1 aliphatic heterocycles. The summed E-state index contributed by atoms with van der Waals surface area (Å²) in [6.45, 7) is 1.03. The number of carbonyl (C=O) groups excluding carboxylic acids is 1. The fraction of sp³-hybridized carbons (Fsp3) is 0.400. The van der Waals surface area contributed by atoms with Gasteiger partial charge in [-0.1, -0.05) is 0 Å². The highest BCUT2D eigenvalue weighted by atomic mass is 19.1. The van der Waals surface area contributed by atoms with Crippen LogP contribution in [0.3, 0.4) is 0 Å². The highest BCUT2D eigenvalue weighted by Gasteiger charge is 2.20. The molecule has 0 spiro atoms. The predicted octanol–water partition coefficient (Wildman–Crippen LogP) is -0.0189. The van der Waals surface area contributed by atoms with E-state index in [1.54, 1.807) is 10.9 Å². The van der Waals surface area contributed by atoms with Crippen molar-refractivity contribution in [1.82, 2.24) is 15.1 Å². The minimum atomic E-state index is -0.119. The molecular formula is C10H13FN4O. The summed E-state index contributed by atoms with van der Waals surface area (Å²) >= 11 is 0. The van der Waals surface area contributed by atoms with Crippen LogP contribution < -0.4 is 11.1 Å². The number of aromatic nitrogens is 2. The highest BCUT2D eigenvalue weighted by Crippen LogP contribution is 2.12. The summed E-state index contributed by atoms with van der Waals surface area (Å²) in [6, 6.07) is 0. The lowest BCUT2D eigenvalue weighted by Crippen LogP contribution is -2.31. The molecule has 1 aliphatic rings. The molecule has 1 aromatic heterocycles. The first-order valence-corrected chi connectivity index (χ1v) is 5.07. The van der Waals surface area contributed by atoms with E-state index < -0.39 is 0 Å². The topological polar surface area (TPSA) is 72.9 Å². The molecule has 0 bridgehead atoms. The van der Waals surface area contributed by atoms with E-state index >= 15 is 0 Å². The first-order valence-electron chi connectivity index (χ1n) is 5.07. The summed E-state index contributed by atoms with van der Waals surface area (Å²) in [4.78, 5) is 11.4. The monoisotopic (exact) mass is 224 g/mol. The molecule has 6 heteroatoms. The number of rotatable bonds is 3. The number of nitrogens with two attached hydrogens (primary N) is 1. The summed E-state index contributed by atoms with van der Waals surface area (Å²) < 4.78 is 13.9. The first kappa shape index (κ1) is 10.8. The Kier molecular flexibility index (Phi) is 3.00.